The number of hydrogen-bond acceptors (Lipinski definition) is 5. The standard InChI is InChI=1S/C17H23N3O4/c1-4-24-17(23)14-15(21)19(8-7-10(2)3)13-9-12(11-5-6-11)18-20(13)16(14)22/h9-11,14H,4-8H2,1-3H3. The van der Waals surface area contributed by atoms with Crippen LogP contribution in [-0.2, 0) is 14.3 Å². The van der Waals surface area contributed by atoms with E-state index in [4.69, 9.17) is 4.74 Å². The van der Waals surface area contributed by atoms with Crippen LogP contribution in [0.1, 0.15) is 56.4 Å². The van der Waals surface area contributed by atoms with E-state index in [2.05, 4.69) is 18.9 Å². The molecule has 1 aliphatic carbocycles. The molecule has 1 fully saturated rings. The maximum absolute atomic E-state index is 12.8. The molecule has 7 heteroatoms. The van der Waals surface area contributed by atoms with Gasteiger partial charge < -0.3 is 4.74 Å². The Morgan fingerprint density at radius 2 is 2.04 bits per heavy atom. The minimum absolute atomic E-state index is 0.126. The molecular formula is C17H23N3O4. The van der Waals surface area contributed by atoms with Gasteiger partial charge in [0, 0.05) is 18.5 Å². The van der Waals surface area contributed by atoms with Crippen LogP contribution in [0.25, 0.3) is 0 Å². The number of rotatable bonds is 6. The minimum atomic E-state index is -1.45. The molecule has 7 nitrogen and oxygen atoms in total. The molecule has 1 atom stereocenters. The van der Waals surface area contributed by atoms with E-state index in [-0.39, 0.29) is 6.61 Å². The van der Waals surface area contributed by atoms with E-state index in [9.17, 15) is 14.4 Å². The molecule has 0 N–H and O–H groups in total. The summed E-state index contributed by atoms with van der Waals surface area (Å²) >= 11 is 0. The van der Waals surface area contributed by atoms with Gasteiger partial charge in [-0.25, -0.2) is 0 Å². The number of carbonyl (C=O) groups is 3. The molecule has 1 amide bonds. The van der Waals surface area contributed by atoms with Crippen molar-refractivity contribution < 1.29 is 19.1 Å². The summed E-state index contributed by atoms with van der Waals surface area (Å²) in [6.45, 7) is 6.36. The Balaban J connectivity index is 1.97. The first kappa shape index (κ1) is 16.7. The highest BCUT2D eigenvalue weighted by Gasteiger charge is 2.46. The lowest BCUT2D eigenvalue weighted by Gasteiger charge is -2.30. The van der Waals surface area contributed by atoms with Crippen LogP contribution in [0.4, 0.5) is 5.82 Å². The zero-order chi connectivity index (χ0) is 17.4. The molecule has 3 rings (SSSR count). The van der Waals surface area contributed by atoms with E-state index < -0.39 is 23.7 Å². The first-order chi connectivity index (χ1) is 11.4. The molecule has 1 saturated carbocycles. The highest BCUT2D eigenvalue weighted by atomic mass is 16.5. The average Bonchev–Trinajstić information content (AvgIpc) is 3.27. The van der Waals surface area contributed by atoms with Crippen LogP contribution < -0.4 is 4.90 Å². The molecule has 1 aromatic heterocycles. The van der Waals surface area contributed by atoms with E-state index in [0.29, 0.717) is 24.2 Å². The Labute approximate surface area is 140 Å². The van der Waals surface area contributed by atoms with Crippen LogP contribution in [0.5, 0.6) is 0 Å². The lowest BCUT2D eigenvalue weighted by atomic mass is 10.0. The number of esters is 1. The minimum Gasteiger partial charge on any atom is -0.465 e. The first-order valence-electron chi connectivity index (χ1n) is 8.56. The third-order valence-corrected chi connectivity index (χ3v) is 4.40. The van der Waals surface area contributed by atoms with E-state index in [0.717, 1.165) is 25.0 Å². The Bertz CT molecular complexity index is 675. The Hall–Kier alpha value is -2.18. The lowest BCUT2D eigenvalue weighted by Crippen LogP contribution is -2.51. The van der Waals surface area contributed by atoms with Crippen molar-refractivity contribution in [2.45, 2.75) is 46.0 Å². The summed E-state index contributed by atoms with van der Waals surface area (Å²) in [5.74, 6) is -2.12. The Morgan fingerprint density at radius 1 is 1.33 bits per heavy atom. The maximum atomic E-state index is 12.8. The smallest absolute Gasteiger partial charge is 0.328 e. The van der Waals surface area contributed by atoms with Gasteiger partial charge in [-0.3, -0.25) is 19.3 Å². The van der Waals surface area contributed by atoms with Crippen LogP contribution in [0.15, 0.2) is 6.07 Å². The van der Waals surface area contributed by atoms with Crippen molar-refractivity contribution in [1.29, 1.82) is 0 Å². The van der Waals surface area contributed by atoms with Crippen LogP contribution in [0.3, 0.4) is 0 Å². The molecule has 1 aliphatic heterocycles. The SMILES string of the molecule is CCOC(=O)C1C(=O)N(CCC(C)C)c2cc(C3CC3)nn2C1=O. The molecule has 24 heavy (non-hydrogen) atoms. The molecule has 0 radical (unpaired) electrons. The zero-order valence-corrected chi connectivity index (χ0v) is 14.3. The third kappa shape index (κ3) is 2.95. The van der Waals surface area contributed by atoms with Crippen LogP contribution in [0.2, 0.25) is 0 Å². The third-order valence-electron chi connectivity index (χ3n) is 4.40. The number of fused-ring (bicyclic) bond motifs is 1. The molecule has 0 spiro atoms. The predicted molar refractivity (Wildman–Crippen MR) is 86.8 cm³/mol. The fourth-order valence-electron chi connectivity index (χ4n) is 2.86. The van der Waals surface area contributed by atoms with Gasteiger partial charge in [0.25, 0.3) is 11.8 Å². The fraction of sp³-hybridized carbons (Fsp3) is 0.647. The summed E-state index contributed by atoms with van der Waals surface area (Å²) in [7, 11) is 0. The van der Waals surface area contributed by atoms with Gasteiger partial charge in [-0.15, -0.1) is 0 Å². The second-order valence-electron chi connectivity index (χ2n) is 6.81. The second-order valence-corrected chi connectivity index (χ2v) is 6.81. The van der Waals surface area contributed by atoms with Crippen molar-refractivity contribution in [2.75, 3.05) is 18.1 Å². The normalized spacial score (nSPS) is 20.5. The van der Waals surface area contributed by atoms with Crippen LogP contribution in [0, 0.1) is 11.8 Å². The Morgan fingerprint density at radius 3 is 2.62 bits per heavy atom. The van der Waals surface area contributed by atoms with Crippen LogP contribution in [-0.4, -0.2) is 40.7 Å². The van der Waals surface area contributed by atoms with Gasteiger partial charge in [0.1, 0.15) is 5.82 Å². The maximum Gasteiger partial charge on any atom is 0.328 e. The van der Waals surface area contributed by atoms with Crippen molar-refractivity contribution in [3.8, 4) is 0 Å². The van der Waals surface area contributed by atoms with E-state index >= 15 is 0 Å². The number of carbonyl (C=O) groups excluding carboxylic acids is 3. The van der Waals surface area contributed by atoms with Gasteiger partial charge in [0.05, 0.1) is 12.3 Å². The molecule has 2 aliphatic rings. The first-order valence-corrected chi connectivity index (χ1v) is 8.56. The number of anilines is 1. The number of nitrogens with zero attached hydrogens (tertiary/aromatic N) is 3. The van der Waals surface area contributed by atoms with Gasteiger partial charge in [-0.1, -0.05) is 13.8 Å². The molecule has 0 bridgehead atoms. The lowest BCUT2D eigenvalue weighted by molar-refractivity contribution is -0.149. The van der Waals surface area contributed by atoms with Gasteiger partial charge in [-0.05, 0) is 32.1 Å². The number of ether oxygens (including phenoxy) is 1. The van der Waals surface area contributed by atoms with Crippen molar-refractivity contribution >= 4 is 23.6 Å². The van der Waals surface area contributed by atoms with E-state index in [1.54, 1.807) is 6.92 Å². The van der Waals surface area contributed by atoms with Gasteiger partial charge in [-0.2, -0.15) is 9.78 Å². The summed E-state index contributed by atoms with van der Waals surface area (Å²) < 4.78 is 6.15. The summed E-state index contributed by atoms with van der Waals surface area (Å²) in [6.07, 6.45) is 2.87. The number of aromatic nitrogens is 2. The summed E-state index contributed by atoms with van der Waals surface area (Å²) in [6, 6.07) is 1.81. The molecule has 0 saturated heterocycles. The summed E-state index contributed by atoms with van der Waals surface area (Å²) in [4.78, 5) is 39.1. The summed E-state index contributed by atoms with van der Waals surface area (Å²) in [5.41, 5.74) is 0.824. The molecule has 1 unspecified atom stereocenters. The fourth-order valence-corrected chi connectivity index (χ4v) is 2.86. The largest absolute Gasteiger partial charge is 0.465 e. The molecular weight excluding hydrogens is 310 g/mol. The van der Waals surface area contributed by atoms with E-state index in [1.165, 1.54) is 9.58 Å². The highest BCUT2D eigenvalue weighted by Crippen LogP contribution is 2.41. The van der Waals surface area contributed by atoms with Crippen molar-refractivity contribution in [2.24, 2.45) is 11.8 Å². The molecule has 0 aromatic carbocycles. The highest BCUT2D eigenvalue weighted by molar-refractivity contribution is 6.23. The summed E-state index contributed by atoms with van der Waals surface area (Å²) in [5, 5.41) is 4.36. The topological polar surface area (TPSA) is 81.5 Å². The predicted octanol–water partition coefficient (Wildman–Crippen LogP) is 1.97. The molecule has 1 aromatic rings. The van der Waals surface area contributed by atoms with Crippen molar-refractivity contribution in [1.82, 2.24) is 9.78 Å². The van der Waals surface area contributed by atoms with Crippen LogP contribution >= 0.6 is 0 Å². The molecule has 130 valence electrons. The van der Waals surface area contributed by atoms with Gasteiger partial charge >= 0.3 is 5.97 Å². The van der Waals surface area contributed by atoms with E-state index in [1.807, 2.05) is 6.07 Å². The average molecular weight is 333 g/mol. The molecule has 2 heterocycles. The zero-order valence-electron chi connectivity index (χ0n) is 14.3. The quantitative estimate of drug-likeness (QED) is 0.587. The number of amides is 1. The Kier molecular flexibility index (Phi) is 4.43. The number of hydrogen-bond donors (Lipinski definition) is 0. The van der Waals surface area contributed by atoms with Crippen molar-refractivity contribution in [3.05, 3.63) is 11.8 Å². The second kappa shape index (κ2) is 6.37. The van der Waals surface area contributed by atoms with Crippen molar-refractivity contribution in [3.63, 3.8) is 0 Å². The van der Waals surface area contributed by atoms with Gasteiger partial charge in [0.2, 0.25) is 5.92 Å². The monoisotopic (exact) mass is 333 g/mol. The van der Waals surface area contributed by atoms with Gasteiger partial charge in [0.15, 0.2) is 0 Å².